The number of ether oxygens (including phenoxy) is 1. The Bertz CT molecular complexity index is 915. The number of alkyl halides is 4. The van der Waals surface area contributed by atoms with Gasteiger partial charge in [-0.3, -0.25) is 4.90 Å². The highest BCUT2D eigenvalue weighted by Gasteiger charge is 2.47. The van der Waals surface area contributed by atoms with E-state index in [1.807, 2.05) is 4.90 Å². The maximum atomic E-state index is 14.4. The molecule has 4 aliphatic rings. The number of hydrogen-bond acceptors (Lipinski definition) is 7. The lowest BCUT2D eigenvalue weighted by molar-refractivity contribution is -0.141. The summed E-state index contributed by atoms with van der Waals surface area (Å²) in [5.41, 5.74) is -2.13. The molecule has 0 aliphatic carbocycles. The number of nitriles is 1. The van der Waals surface area contributed by atoms with Crippen LogP contribution in [0, 0.1) is 11.3 Å². The van der Waals surface area contributed by atoms with Crippen molar-refractivity contribution < 1.29 is 22.3 Å². The van der Waals surface area contributed by atoms with E-state index >= 15 is 0 Å². The molecule has 4 aliphatic heterocycles. The number of piperazine rings is 1. The molecule has 1 aromatic heterocycles. The molecule has 0 aromatic carbocycles. The summed E-state index contributed by atoms with van der Waals surface area (Å²) in [6.07, 6.45) is -4.62. The number of pyridine rings is 1. The van der Waals surface area contributed by atoms with Crippen molar-refractivity contribution in [2.24, 2.45) is 0 Å². The summed E-state index contributed by atoms with van der Waals surface area (Å²) in [7, 11) is 0. The van der Waals surface area contributed by atoms with Gasteiger partial charge in [-0.2, -0.15) is 18.4 Å². The molecule has 0 bridgehead atoms. The lowest BCUT2D eigenvalue weighted by atomic mass is 9.87. The lowest BCUT2D eigenvalue weighted by Gasteiger charge is -2.48. The Morgan fingerprint density at radius 1 is 1.12 bits per heavy atom. The lowest BCUT2D eigenvalue weighted by Crippen LogP contribution is -2.63. The van der Waals surface area contributed by atoms with Crippen molar-refractivity contribution in [2.45, 2.75) is 43.3 Å². The summed E-state index contributed by atoms with van der Waals surface area (Å²) in [4.78, 5) is 9.82. The molecule has 0 radical (unpaired) electrons. The van der Waals surface area contributed by atoms with E-state index in [-0.39, 0.29) is 17.5 Å². The smallest absolute Gasteiger partial charge is 0.372 e. The second-order valence-electron chi connectivity index (χ2n) is 9.33. The standard InChI is InChI=1S/C22H28F4N6O/c23-18-1-10-33-21(18)2-6-31(7-3-21)19-11-17(16(12-27)20(29-19)22(24,25)26)32-13-15(14-32)30-8-4-28-5-9-30/h11,15,18,28H,1-10,13-14H2. The highest BCUT2D eigenvalue weighted by atomic mass is 19.4. The van der Waals surface area contributed by atoms with Gasteiger partial charge in [0, 0.05) is 70.9 Å². The third-order valence-electron chi connectivity index (χ3n) is 7.50. The largest absolute Gasteiger partial charge is 0.434 e. The first kappa shape index (κ1) is 22.6. The zero-order chi connectivity index (χ0) is 23.2. The summed E-state index contributed by atoms with van der Waals surface area (Å²) in [5.74, 6) is 0.185. The molecule has 33 heavy (non-hydrogen) atoms. The Morgan fingerprint density at radius 3 is 2.39 bits per heavy atom. The molecule has 4 saturated heterocycles. The highest BCUT2D eigenvalue weighted by Crippen LogP contribution is 2.42. The van der Waals surface area contributed by atoms with Gasteiger partial charge < -0.3 is 19.9 Å². The first-order valence-corrected chi connectivity index (χ1v) is 11.6. The molecule has 0 saturated carbocycles. The first-order chi connectivity index (χ1) is 15.8. The third kappa shape index (κ3) is 4.13. The second-order valence-corrected chi connectivity index (χ2v) is 9.33. The Kier molecular flexibility index (Phi) is 5.87. The molecule has 0 amide bonds. The number of aromatic nitrogens is 1. The van der Waals surface area contributed by atoms with Crippen LogP contribution in [0.4, 0.5) is 29.1 Å². The van der Waals surface area contributed by atoms with Gasteiger partial charge in [-0.1, -0.05) is 0 Å². The zero-order valence-electron chi connectivity index (χ0n) is 18.4. The Balaban J connectivity index is 1.39. The van der Waals surface area contributed by atoms with Crippen molar-refractivity contribution in [3.05, 3.63) is 17.3 Å². The monoisotopic (exact) mass is 468 g/mol. The topological polar surface area (TPSA) is 67.7 Å². The summed E-state index contributed by atoms with van der Waals surface area (Å²) in [5, 5.41) is 12.9. The van der Waals surface area contributed by atoms with Gasteiger partial charge in [0.2, 0.25) is 0 Å². The molecule has 1 aromatic rings. The van der Waals surface area contributed by atoms with E-state index in [9.17, 15) is 22.8 Å². The van der Waals surface area contributed by atoms with Gasteiger partial charge >= 0.3 is 6.18 Å². The van der Waals surface area contributed by atoms with Gasteiger partial charge in [0.05, 0.1) is 12.3 Å². The minimum Gasteiger partial charge on any atom is -0.372 e. The zero-order valence-corrected chi connectivity index (χ0v) is 18.4. The fourth-order valence-electron chi connectivity index (χ4n) is 5.47. The Hall–Kier alpha value is -2.16. The van der Waals surface area contributed by atoms with Crippen LogP contribution in [0.2, 0.25) is 0 Å². The van der Waals surface area contributed by atoms with Gasteiger partial charge in [-0.05, 0) is 12.8 Å². The van der Waals surface area contributed by atoms with E-state index < -0.39 is 29.2 Å². The molecule has 4 fully saturated rings. The van der Waals surface area contributed by atoms with Crippen LogP contribution in [0.15, 0.2) is 6.07 Å². The van der Waals surface area contributed by atoms with E-state index in [1.165, 1.54) is 0 Å². The molecule has 1 unspecified atom stereocenters. The van der Waals surface area contributed by atoms with Crippen LogP contribution >= 0.6 is 0 Å². The van der Waals surface area contributed by atoms with Gasteiger partial charge in [-0.25, -0.2) is 9.37 Å². The number of nitrogens with one attached hydrogen (secondary N) is 1. The average molecular weight is 468 g/mol. The minimum atomic E-state index is -4.74. The van der Waals surface area contributed by atoms with E-state index in [0.29, 0.717) is 52.0 Å². The number of rotatable bonds is 3. The van der Waals surface area contributed by atoms with E-state index in [4.69, 9.17) is 4.74 Å². The van der Waals surface area contributed by atoms with Crippen molar-refractivity contribution in [2.75, 3.05) is 68.8 Å². The number of halogens is 4. The quantitative estimate of drug-likeness (QED) is 0.682. The minimum absolute atomic E-state index is 0.185. The van der Waals surface area contributed by atoms with Crippen molar-refractivity contribution in [3.8, 4) is 6.07 Å². The van der Waals surface area contributed by atoms with Gasteiger partial charge in [0.25, 0.3) is 0 Å². The molecule has 1 N–H and O–H groups in total. The molecular formula is C22H28F4N6O. The number of anilines is 2. The Morgan fingerprint density at radius 2 is 1.82 bits per heavy atom. The Labute approximate surface area is 190 Å². The molecule has 180 valence electrons. The summed E-state index contributed by atoms with van der Waals surface area (Å²) in [6.45, 7) is 5.87. The SMILES string of the molecule is N#Cc1c(N2CC(N3CCNCC3)C2)cc(N2CCC3(CC2)OCCC3F)nc1C(F)(F)F. The van der Waals surface area contributed by atoms with Crippen molar-refractivity contribution >= 4 is 11.5 Å². The highest BCUT2D eigenvalue weighted by molar-refractivity contribution is 5.68. The second kappa shape index (κ2) is 8.56. The normalized spacial score (nSPS) is 26.5. The van der Waals surface area contributed by atoms with Crippen molar-refractivity contribution in [1.29, 1.82) is 5.26 Å². The maximum absolute atomic E-state index is 14.4. The summed E-state index contributed by atoms with van der Waals surface area (Å²) < 4.78 is 61.7. The van der Waals surface area contributed by atoms with Crippen molar-refractivity contribution in [1.82, 2.24) is 15.2 Å². The van der Waals surface area contributed by atoms with Gasteiger partial charge in [0.1, 0.15) is 29.2 Å². The van der Waals surface area contributed by atoms with Crippen molar-refractivity contribution in [3.63, 3.8) is 0 Å². The number of hydrogen-bond donors (Lipinski definition) is 1. The molecule has 7 nitrogen and oxygen atoms in total. The van der Waals surface area contributed by atoms with Crippen LogP contribution < -0.4 is 15.1 Å². The molecule has 1 spiro atoms. The van der Waals surface area contributed by atoms with Crippen LogP contribution in [-0.4, -0.2) is 86.7 Å². The summed E-state index contributed by atoms with van der Waals surface area (Å²) in [6, 6.07) is 3.62. The van der Waals surface area contributed by atoms with Crippen LogP contribution in [-0.2, 0) is 10.9 Å². The van der Waals surface area contributed by atoms with Gasteiger partial charge in [0.15, 0.2) is 5.69 Å². The molecule has 11 heteroatoms. The first-order valence-electron chi connectivity index (χ1n) is 11.6. The van der Waals surface area contributed by atoms with Crippen LogP contribution in [0.5, 0.6) is 0 Å². The van der Waals surface area contributed by atoms with Crippen LogP contribution in [0.3, 0.4) is 0 Å². The molecule has 1 atom stereocenters. The average Bonchev–Trinajstić information content (AvgIpc) is 3.12. The third-order valence-corrected chi connectivity index (χ3v) is 7.50. The van der Waals surface area contributed by atoms with Gasteiger partial charge in [-0.15, -0.1) is 0 Å². The van der Waals surface area contributed by atoms with E-state index in [2.05, 4.69) is 15.2 Å². The fraction of sp³-hybridized carbons (Fsp3) is 0.727. The summed E-state index contributed by atoms with van der Waals surface area (Å²) >= 11 is 0. The molecular weight excluding hydrogens is 440 g/mol. The maximum Gasteiger partial charge on any atom is 0.434 e. The fourth-order valence-corrected chi connectivity index (χ4v) is 5.47. The predicted molar refractivity (Wildman–Crippen MR) is 114 cm³/mol. The molecule has 5 rings (SSSR count). The van der Waals surface area contributed by atoms with E-state index in [0.717, 1.165) is 26.2 Å². The number of piperidine rings is 1. The van der Waals surface area contributed by atoms with Crippen LogP contribution in [0.1, 0.15) is 30.5 Å². The van der Waals surface area contributed by atoms with E-state index in [1.54, 1.807) is 17.0 Å². The van der Waals surface area contributed by atoms with Crippen LogP contribution in [0.25, 0.3) is 0 Å². The number of nitrogens with zero attached hydrogens (tertiary/aromatic N) is 5. The predicted octanol–water partition coefficient (Wildman–Crippen LogP) is 2.16. The molecule has 5 heterocycles.